The molecule has 0 aliphatic rings. The molecule has 0 aliphatic heterocycles. The minimum atomic E-state index is -3.70. The predicted octanol–water partition coefficient (Wildman–Crippen LogP) is 5.62. The first-order chi connectivity index (χ1) is 14.7. The number of carbonyl (C=O) groups is 1. The molecular formula is C22H18ClN3O3S2. The van der Waals surface area contributed by atoms with Gasteiger partial charge in [-0.2, -0.15) is 0 Å². The van der Waals surface area contributed by atoms with Gasteiger partial charge in [-0.25, -0.2) is 13.4 Å². The van der Waals surface area contributed by atoms with Crippen LogP contribution in [0.5, 0.6) is 0 Å². The number of amides is 1. The van der Waals surface area contributed by atoms with Crippen LogP contribution in [0.15, 0.2) is 65.6 Å². The number of nitrogens with one attached hydrogen (secondary N) is 2. The van der Waals surface area contributed by atoms with Crippen molar-refractivity contribution < 1.29 is 13.2 Å². The van der Waals surface area contributed by atoms with Gasteiger partial charge in [0.15, 0.2) is 5.13 Å². The van der Waals surface area contributed by atoms with E-state index in [1.54, 1.807) is 48.5 Å². The molecule has 31 heavy (non-hydrogen) atoms. The Balaban J connectivity index is 1.48. The number of carbonyl (C=O) groups excluding carboxylic acids is 1. The van der Waals surface area contributed by atoms with Crippen LogP contribution in [0, 0.1) is 13.8 Å². The Labute approximate surface area is 189 Å². The van der Waals surface area contributed by atoms with Crippen molar-refractivity contribution in [2.45, 2.75) is 18.7 Å². The van der Waals surface area contributed by atoms with Crippen LogP contribution in [-0.2, 0) is 10.0 Å². The quantitative estimate of drug-likeness (QED) is 0.395. The Morgan fingerprint density at radius 2 is 1.68 bits per heavy atom. The lowest BCUT2D eigenvalue weighted by molar-refractivity contribution is 0.102. The number of benzene rings is 3. The number of hydrogen-bond acceptors (Lipinski definition) is 5. The highest BCUT2D eigenvalue weighted by Crippen LogP contribution is 2.31. The van der Waals surface area contributed by atoms with Crippen molar-refractivity contribution in [3.8, 4) is 0 Å². The Kier molecular flexibility index (Phi) is 5.70. The SMILES string of the molecule is Cc1ccc(S(=O)(=O)Nc2ccc(C(=O)Nc3nc4c(C)cc(Cl)cc4s3)cc2)cc1. The van der Waals surface area contributed by atoms with Gasteiger partial charge in [-0.05, 0) is 67.9 Å². The number of nitrogens with zero attached hydrogens (tertiary/aromatic N) is 1. The molecule has 158 valence electrons. The maximum absolute atomic E-state index is 12.6. The average Bonchev–Trinajstić information content (AvgIpc) is 3.11. The highest BCUT2D eigenvalue weighted by molar-refractivity contribution is 7.92. The summed E-state index contributed by atoms with van der Waals surface area (Å²) in [5.41, 5.74) is 3.45. The van der Waals surface area contributed by atoms with E-state index in [1.165, 1.54) is 11.3 Å². The standard InChI is InChI=1S/C22H18ClN3O3S2/c1-13-3-9-18(10-4-13)31(28,29)26-17-7-5-15(6-8-17)21(27)25-22-24-20-14(2)11-16(23)12-19(20)30-22/h3-12,26H,1-2H3,(H,24,25,27). The lowest BCUT2D eigenvalue weighted by Gasteiger charge is -2.09. The molecule has 0 saturated heterocycles. The Morgan fingerprint density at radius 3 is 2.35 bits per heavy atom. The van der Waals surface area contributed by atoms with Crippen molar-refractivity contribution in [1.82, 2.24) is 4.98 Å². The van der Waals surface area contributed by atoms with Gasteiger partial charge in [-0.1, -0.05) is 40.6 Å². The van der Waals surface area contributed by atoms with Gasteiger partial charge in [-0.15, -0.1) is 0 Å². The summed E-state index contributed by atoms with van der Waals surface area (Å²) >= 11 is 7.42. The first-order valence-electron chi connectivity index (χ1n) is 9.29. The van der Waals surface area contributed by atoms with E-state index in [2.05, 4.69) is 15.0 Å². The summed E-state index contributed by atoms with van der Waals surface area (Å²) in [6, 6.07) is 16.4. The number of anilines is 2. The molecule has 2 N–H and O–H groups in total. The zero-order valence-corrected chi connectivity index (χ0v) is 19.0. The summed E-state index contributed by atoms with van der Waals surface area (Å²) in [4.78, 5) is 17.2. The van der Waals surface area contributed by atoms with Gasteiger partial charge in [0.25, 0.3) is 15.9 Å². The van der Waals surface area contributed by atoms with Crippen molar-refractivity contribution in [3.05, 3.63) is 82.4 Å². The molecule has 4 rings (SSSR count). The number of rotatable bonds is 5. The normalized spacial score (nSPS) is 11.5. The third kappa shape index (κ3) is 4.71. The molecule has 0 unspecified atom stereocenters. The van der Waals surface area contributed by atoms with Gasteiger partial charge in [0.1, 0.15) is 0 Å². The van der Waals surface area contributed by atoms with Gasteiger partial charge in [0.05, 0.1) is 15.1 Å². The summed E-state index contributed by atoms with van der Waals surface area (Å²) in [7, 11) is -3.70. The largest absolute Gasteiger partial charge is 0.298 e. The zero-order valence-electron chi connectivity index (χ0n) is 16.6. The first kappa shape index (κ1) is 21.3. The monoisotopic (exact) mass is 471 g/mol. The van der Waals surface area contributed by atoms with Crippen molar-refractivity contribution in [1.29, 1.82) is 0 Å². The predicted molar refractivity (Wildman–Crippen MR) is 126 cm³/mol. The molecular weight excluding hydrogens is 454 g/mol. The molecule has 6 nitrogen and oxygen atoms in total. The molecule has 0 atom stereocenters. The molecule has 0 fully saturated rings. The van der Waals surface area contributed by atoms with Gasteiger partial charge in [0, 0.05) is 16.3 Å². The van der Waals surface area contributed by atoms with E-state index < -0.39 is 10.0 Å². The fourth-order valence-electron chi connectivity index (χ4n) is 3.00. The van der Waals surface area contributed by atoms with Crippen LogP contribution < -0.4 is 10.0 Å². The van der Waals surface area contributed by atoms with E-state index in [-0.39, 0.29) is 10.8 Å². The van der Waals surface area contributed by atoms with Gasteiger partial charge < -0.3 is 0 Å². The van der Waals surface area contributed by atoms with E-state index in [4.69, 9.17) is 11.6 Å². The Hall–Kier alpha value is -2.94. The molecule has 0 spiro atoms. The van der Waals surface area contributed by atoms with E-state index in [0.29, 0.717) is 21.4 Å². The highest BCUT2D eigenvalue weighted by Gasteiger charge is 2.15. The Bertz CT molecular complexity index is 1380. The lowest BCUT2D eigenvalue weighted by Crippen LogP contribution is -2.14. The maximum atomic E-state index is 12.6. The minimum absolute atomic E-state index is 0.172. The van der Waals surface area contributed by atoms with E-state index in [0.717, 1.165) is 21.3 Å². The fourth-order valence-corrected chi connectivity index (χ4v) is 5.37. The summed E-state index contributed by atoms with van der Waals surface area (Å²) < 4.78 is 28.4. The second-order valence-electron chi connectivity index (χ2n) is 7.04. The molecule has 1 heterocycles. The Morgan fingerprint density at radius 1 is 1.00 bits per heavy atom. The molecule has 4 aromatic rings. The van der Waals surface area contributed by atoms with E-state index in [1.807, 2.05) is 26.0 Å². The number of aromatic nitrogens is 1. The first-order valence-corrected chi connectivity index (χ1v) is 12.0. The molecule has 0 bridgehead atoms. The number of sulfonamides is 1. The van der Waals surface area contributed by atoms with Crippen LogP contribution in [0.2, 0.25) is 5.02 Å². The van der Waals surface area contributed by atoms with Crippen LogP contribution in [0.4, 0.5) is 10.8 Å². The van der Waals surface area contributed by atoms with Gasteiger partial charge in [0.2, 0.25) is 0 Å². The van der Waals surface area contributed by atoms with Crippen LogP contribution in [0.25, 0.3) is 10.2 Å². The molecule has 9 heteroatoms. The van der Waals surface area contributed by atoms with Crippen LogP contribution in [0.3, 0.4) is 0 Å². The summed E-state index contributed by atoms with van der Waals surface area (Å²) in [6.07, 6.45) is 0. The van der Waals surface area contributed by atoms with Crippen molar-refractivity contribution in [2.24, 2.45) is 0 Å². The van der Waals surface area contributed by atoms with E-state index in [9.17, 15) is 13.2 Å². The second kappa shape index (κ2) is 8.30. The summed E-state index contributed by atoms with van der Waals surface area (Å²) in [5, 5.41) is 3.87. The zero-order chi connectivity index (χ0) is 22.2. The maximum Gasteiger partial charge on any atom is 0.261 e. The number of fused-ring (bicyclic) bond motifs is 1. The van der Waals surface area contributed by atoms with Gasteiger partial charge in [-0.3, -0.25) is 14.8 Å². The van der Waals surface area contributed by atoms with E-state index >= 15 is 0 Å². The number of thiazole rings is 1. The van der Waals surface area contributed by atoms with Crippen LogP contribution >= 0.6 is 22.9 Å². The smallest absolute Gasteiger partial charge is 0.261 e. The lowest BCUT2D eigenvalue weighted by atomic mass is 10.2. The molecule has 3 aromatic carbocycles. The molecule has 0 aliphatic carbocycles. The molecule has 0 saturated carbocycles. The van der Waals surface area contributed by atoms with Gasteiger partial charge >= 0.3 is 0 Å². The topological polar surface area (TPSA) is 88.2 Å². The third-order valence-electron chi connectivity index (χ3n) is 4.60. The highest BCUT2D eigenvalue weighted by atomic mass is 35.5. The average molecular weight is 472 g/mol. The number of halogens is 1. The molecule has 1 aromatic heterocycles. The van der Waals surface area contributed by atoms with Crippen LogP contribution in [0.1, 0.15) is 21.5 Å². The number of aryl methyl sites for hydroxylation is 2. The van der Waals surface area contributed by atoms with Crippen LogP contribution in [-0.4, -0.2) is 19.3 Å². The van der Waals surface area contributed by atoms with Crippen molar-refractivity contribution in [2.75, 3.05) is 10.0 Å². The minimum Gasteiger partial charge on any atom is -0.298 e. The second-order valence-corrected chi connectivity index (χ2v) is 10.2. The third-order valence-corrected chi connectivity index (χ3v) is 7.13. The van der Waals surface area contributed by atoms with Crippen molar-refractivity contribution in [3.63, 3.8) is 0 Å². The summed E-state index contributed by atoms with van der Waals surface area (Å²) in [5.74, 6) is -0.337. The fraction of sp³-hybridized carbons (Fsp3) is 0.0909. The molecule has 1 amide bonds. The molecule has 0 radical (unpaired) electrons. The number of hydrogen-bond donors (Lipinski definition) is 2. The van der Waals surface area contributed by atoms with Crippen molar-refractivity contribution >= 4 is 59.9 Å². The summed E-state index contributed by atoms with van der Waals surface area (Å²) in [6.45, 7) is 3.80.